The Hall–Kier alpha value is -2.80. The zero-order chi connectivity index (χ0) is 21.5. The Morgan fingerprint density at radius 2 is 1.70 bits per heavy atom. The van der Waals surface area contributed by atoms with Crippen LogP contribution in [0.5, 0.6) is 11.5 Å². The highest BCUT2D eigenvalue weighted by molar-refractivity contribution is 7.87. The van der Waals surface area contributed by atoms with E-state index in [0.717, 1.165) is 5.56 Å². The molecule has 0 aromatic heterocycles. The molecule has 3 aromatic rings. The van der Waals surface area contributed by atoms with E-state index < -0.39 is 10.1 Å². The lowest BCUT2D eigenvalue weighted by atomic mass is 10.1. The van der Waals surface area contributed by atoms with Crippen molar-refractivity contribution >= 4 is 45.2 Å². The maximum atomic E-state index is 12.6. The Morgan fingerprint density at radius 1 is 0.967 bits per heavy atom. The monoisotopic (exact) mass is 460 g/mol. The highest BCUT2D eigenvalue weighted by atomic mass is 35.5. The van der Waals surface area contributed by atoms with Crippen LogP contribution >= 0.6 is 23.2 Å². The van der Waals surface area contributed by atoms with Gasteiger partial charge in [-0.2, -0.15) is 8.42 Å². The van der Waals surface area contributed by atoms with E-state index in [1.807, 2.05) is 6.92 Å². The molecule has 3 aromatic carbocycles. The van der Waals surface area contributed by atoms with Gasteiger partial charge in [-0.15, -0.1) is 0 Å². The van der Waals surface area contributed by atoms with Gasteiger partial charge in [0.05, 0.1) is 5.56 Å². The molecule has 0 saturated carbocycles. The number of ketones is 1. The molecule has 1 aliphatic heterocycles. The number of rotatable bonds is 4. The second-order valence-corrected chi connectivity index (χ2v) is 9.00. The molecule has 8 heteroatoms. The highest BCUT2D eigenvalue weighted by Crippen LogP contribution is 2.36. The molecule has 0 bridgehead atoms. The molecule has 0 aliphatic carbocycles. The van der Waals surface area contributed by atoms with Gasteiger partial charge in [0.1, 0.15) is 16.4 Å². The number of hydrogen-bond acceptors (Lipinski definition) is 5. The number of halogens is 2. The Bertz CT molecular complexity index is 1300. The third-order valence-electron chi connectivity index (χ3n) is 4.41. The first-order chi connectivity index (χ1) is 14.2. The van der Waals surface area contributed by atoms with Crippen LogP contribution in [-0.2, 0) is 10.1 Å². The van der Waals surface area contributed by atoms with Crippen molar-refractivity contribution in [3.05, 3.63) is 93.2 Å². The largest absolute Gasteiger partial charge is 0.452 e. The average Bonchev–Trinajstić information content (AvgIpc) is 2.99. The van der Waals surface area contributed by atoms with E-state index in [0.29, 0.717) is 21.2 Å². The van der Waals surface area contributed by atoms with E-state index in [1.165, 1.54) is 36.4 Å². The molecular formula is C22H14Cl2O5S. The Labute approximate surface area is 183 Å². The number of hydrogen-bond donors (Lipinski definition) is 0. The van der Waals surface area contributed by atoms with Crippen molar-refractivity contribution in [3.8, 4) is 11.5 Å². The van der Waals surface area contributed by atoms with Crippen molar-refractivity contribution < 1.29 is 22.1 Å². The molecule has 0 atom stereocenters. The molecule has 0 radical (unpaired) electrons. The molecule has 0 N–H and O–H groups in total. The minimum Gasteiger partial charge on any atom is -0.452 e. The summed E-state index contributed by atoms with van der Waals surface area (Å²) in [6.07, 6.45) is 1.50. The molecule has 30 heavy (non-hydrogen) atoms. The molecule has 0 fully saturated rings. The van der Waals surface area contributed by atoms with Crippen molar-refractivity contribution in [2.75, 3.05) is 0 Å². The van der Waals surface area contributed by atoms with Crippen molar-refractivity contribution in [1.82, 2.24) is 0 Å². The lowest BCUT2D eigenvalue weighted by Gasteiger charge is -2.08. The van der Waals surface area contributed by atoms with E-state index in [4.69, 9.17) is 32.1 Å². The zero-order valence-electron chi connectivity index (χ0n) is 15.6. The second-order valence-electron chi connectivity index (χ2n) is 6.61. The van der Waals surface area contributed by atoms with E-state index in [1.54, 1.807) is 30.3 Å². The van der Waals surface area contributed by atoms with Crippen LogP contribution in [0.25, 0.3) is 6.08 Å². The molecule has 5 nitrogen and oxygen atoms in total. The molecule has 0 saturated heterocycles. The fraction of sp³-hybridized carbons (Fsp3) is 0.0455. The van der Waals surface area contributed by atoms with Crippen molar-refractivity contribution in [2.45, 2.75) is 11.8 Å². The molecule has 1 aliphatic rings. The van der Waals surface area contributed by atoms with Crippen molar-refractivity contribution in [1.29, 1.82) is 0 Å². The van der Waals surface area contributed by atoms with Gasteiger partial charge in [0.25, 0.3) is 0 Å². The van der Waals surface area contributed by atoms with Gasteiger partial charge >= 0.3 is 10.1 Å². The van der Waals surface area contributed by atoms with Gasteiger partial charge in [-0.25, -0.2) is 0 Å². The minimum absolute atomic E-state index is 0.0311. The van der Waals surface area contributed by atoms with Crippen LogP contribution in [0.4, 0.5) is 0 Å². The first kappa shape index (κ1) is 20.5. The van der Waals surface area contributed by atoms with E-state index >= 15 is 0 Å². The van der Waals surface area contributed by atoms with Crippen LogP contribution in [0.3, 0.4) is 0 Å². The summed E-state index contributed by atoms with van der Waals surface area (Å²) in [6.45, 7) is 1.86. The highest BCUT2D eigenvalue weighted by Gasteiger charge is 2.29. The van der Waals surface area contributed by atoms with Gasteiger partial charge in [0.2, 0.25) is 5.78 Å². The number of Topliss-reactive ketones (excluding diaryl/α,β-unsaturated/α-hetero) is 1. The molecular weight excluding hydrogens is 447 g/mol. The standard InChI is InChI=1S/C22H14Cl2O5S/c1-13-2-7-17(8-3-13)30(26,27)29-16-6-9-18-20(12-16)28-21(22(18)25)10-14-4-5-15(23)11-19(14)24/h2-12H,1H3/b21-10-. The van der Waals surface area contributed by atoms with Crippen LogP contribution in [0, 0.1) is 6.92 Å². The summed E-state index contributed by atoms with van der Waals surface area (Å²) < 4.78 is 35.8. The predicted octanol–water partition coefficient (Wildman–Crippen LogP) is 5.69. The third-order valence-corrected chi connectivity index (χ3v) is 6.23. The number of carbonyl (C=O) groups excluding carboxylic acids is 1. The lowest BCUT2D eigenvalue weighted by molar-refractivity contribution is 0.101. The van der Waals surface area contributed by atoms with Gasteiger partial charge in [-0.1, -0.05) is 47.0 Å². The molecule has 152 valence electrons. The summed E-state index contributed by atoms with van der Waals surface area (Å²) in [7, 11) is -4.02. The number of benzene rings is 3. The first-order valence-electron chi connectivity index (χ1n) is 8.77. The number of carbonyl (C=O) groups is 1. The van der Waals surface area contributed by atoms with E-state index in [2.05, 4.69) is 0 Å². The van der Waals surface area contributed by atoms with Crippen LogP contribution in [-0.4, -0.2) is 14.2 Å². The van der Waals surface area contributed by atoms with Crippen LogP contribution < -0.4 is 8.92 Å². The summed E-state index contributed by atoms with van der Waals surface area (Å²) in [6, 6.07) is 15.4. The quantitative estimate of drug-likeness (QED) is 0.369. The smallest absolute Gasteiger partial charge is 0.339 e. The number of aryl methyl sites for hydroxylation is 1. The van der Waals surface area contributed by atoms with Crippen LogP contribution in [0.15, 0.2) is 71.3 Å². The molecule has 0 unspecified atom stereocenters. The van der Waals surface area contributed by atoms with Gasteiger partial charge in [-0.05, 0) is 55.0 Å². The summed E-state index contributed by atoms with van der Waals surface area (Å²) >= 11 is 12.0. The minimum atomic E-state index is -4.02. The molecule has 0 amide bonds. The Kier molecular flexibility index (Phi) is 5.32. The van der Waals surface area contributed by atoms with Gasteiger partial charge in [-0.3, -0.25) is 4.79 Å². The third kappa shape index (κ3) is 4.07. The Balaban J connectivity index is 1.60. The summed E-state index contributed by atoms with van der Waals surface area (Å²) in [5.74, 6) is -0.0439. The fourth-order valence-corrected chi connectivity index (χ4v) is 4.24. The zero-order valence-corrected chi connectivity index (χ0v) is 17.9. The van der Waals surface area contributed by atoms with Gasteiger partial charge in [0.15, 0.2) is 5.76 Å². The second kappa shape index (κ2) is 7.80. The maximum Gasteiger partial charge on any atom is 0.339 e. The summed E-state index contributed by atoms with van der Waals surface area (Å²) in [5.41, 5.74) is 1.79. The van der Waals surface area contributed by atoms with Crippen LogP contribution in [0.2, 0.25) is 10.0 Å². The predicted molar refractivity (Wildman–Crippen MR) is 115 cm³/mol. The Morgan fingerprint density at radius 3 is 2.40 bits per heavy atom. The fourth-order valence-electron chi connectivity index (χ4n) is 2.86. The number of fused-ring (bicyclic) bond motifs is 1. The van der Waals surface area contributed by atoms with Gasteiger partial charge in [0, 0.05) is 16.1 Å². The van der Waals surface area contributed by atoms with E-state index in [-0.39, 0.29) is 27.9 Å². The normalized spacial score (nSPS) is 14.5. The molecule has 4 rings (SSSR count). The number of allylic oxidation sites excluding steroid dienone is 1. The number of ether oxygens (including phenoxy) is 1. The van der Waals surface area contributed by atoms with Gasteiger partial charge < -0.3 is 8.92 Å². The maximum absolute atomic E-state index is 12.6. The topological polar surface area (TPSA) is 69.7 Å². The molecule has 1 heterocycles. The molecule has 0 spiro atoms. The first-order valence-corrected chi connectivity index (χ1v) is 10.9. The van der Waals surface area contributed by atoms with Crippen molar-refractivity contribution in [2.24, 2.45) is 0 Å². The lowest BCUT2D eigenvalue weighted by Crippen LogP contribution is -2.09. The summed E-state index contributed by atoms with van der Waals surface area (Å²) in [4.78, 5) is 12.6. The summed E-state index contributed by atoms with van der Waals surface area (Å²) in [5, 5.41) is 0.844. The van der Waals surface area contributed by atoms with E-state index in [9.17, 15) is 13.2 Å². The van der Waals surface area contributed by atoms with Crippen LogP contribution in [0.1, 0.15) is 21.5 Å². The SMILES string of the molecule is Cc1ccc(S(=O)(=O)Oc2ccc3c(c2)O/C(=C\c2ccc(Cl)cc2Cl)C3=O)cc1. The average molecular weight is 461 g/mol. The van der Waals surface area contributed by atoms with Crippen molar-refractivity contribution in [3.63, 3.8) is 0 Å².